The largest absolute Gasteiger partial charge is 0.507 e. The minimum absolute atomic E-state index is 0.0259. The quantitative estimate of drug-likeness (QED) is 0.759. The molecule has 4 heteroatoms. The molecule has 1 aliphatic heterocycles. The standard InChI is InChI=1S/C13H14FNO2/c1-9-4-6-15(7-5-9)13(17)11-8-10(14)2-3-12(11)16/h2-4,8,16H,5-7H2,1H3. The van der Waals surface area contributed by atoms with Gasteiger partial charge in [-0.1, -0.05) is 11.6 Å². The maximum atomic E-state index is 13.0. The van der Waals surface area contributed by atoms with Gasteiger partial charge in [-0.25, -0.2) is 4.39 Å². The highest BCUT2D eigenvalue weighted by atomic mass is 19.1. The highest BCUT2D eigenvalue weighted by Gasteiger charge is 2.20. The molecular formula is C13H14FNO2. The van der Waals surface area contributed by atoms with E-state index >= 15 is 0 Å². The van der Waals surface area contributed by atoms with Gasteiger partial charge in [-0.2, -0.15) is 0 Å². The van der Waals surface area contributed by atoms with Crippen LogP contribution < -0.4 is 0 Å². The van der Waals surface area contributed by atoms with E-state index in [4.69, 9.17) is 0 Å². The lowest BCUT2D eigenvalue weighted by Crippen LogP contribution is -2.34. The molecule has 1 N–H and O–H groups in total. The van der Waals surface area contributed by atoms with E-state index in [1.165, 1.54) is 11.6 Å². The molecule has 0 atom stereocenters. The predicted molar refractivity (Wildman–Crippen MR) is 62.3 cm³/mol. The molecule has 2 rings (SSSR count). The van der Waals surface area contributed by atoms with Crippen LogP contribution in [0, 0.1) is 5.82 Å². The van der Waals surface area contributed by atoms with Gasteiger partial charge < -0.3 is 10.0 Å². The Balaban J connectivity index is 2.23. The molecule has 1 aromatic rings. The number of carbonyl (C=O) groups is 1. The zero-order valence-electron chi connectivity index (χ0n) is 9.61. The summed E-state index contributed by atoms with van der Waals surface area (Å²) in [7, 11) is 0. The third kappa shape index (κ3) is 2.46. The molecule has 0 aliphatic carbocycles. The summed E-state index contributed by atoms with van der Waals surface area (Å²) in [5.41, 5.74) is 1.27. The van der Waals surface area contributed by atoms with Gasteiger partial charge in [0.25, 0.3) is 5.91 Å². The SMILES string of the molecule is CC1=CCN(C(=O)c2cc(F)ccc2O)CC1. The number of hydrogen-bond acceptors (Lipinski definition) is 2. The van der Waals surface area contributed by atoms with Crippen LogP contribution in [-0.2, 0) is 0 Å². The zero-order valence-corrected chi connectivity index (χ0v) is 9.61. The second-order valence-electron chi connectivity index (χ2n) is 4.21. The third-order valence-corrected chi connectivity index (χ3v) is 2.91. The van der Waals surface area contributed by atoms with E-state index in [1.54, 1.807) is 4.90 Å². The monoisotopic (exact) mass is 235 g/mol. The van der Waals surface area contributed by atoms with E-state index in [0.717, 1.165) is 18.6 Å². The summed E-state index contributed by atoms with van der Waals surface area (Å²) in [4.78, 5) is 13.6. The number of amides is 1. The summed E-state index contributed by atoms with van der Waals surface area (Å²) in [5.74, 6) is -1.02. The van der Waals surface area contributed by atoms with Crippen LogP contribution in [0.3, 0.4) is 0 Å². The van der Waals surface area contributed by atoms with Crippen molar-refractivity contribution in [3.05, 3.63) is 41.2 Å². The lowest BCUT2D eigenvalue weighted by molar-refractivity contribution is 0.0765. The van der Waals surface area contributed by atoms with E-state index in [1.807, 2.05) is 13.0 Å². The first kappa shape index (κ1) is 11.6. The number of phenolic OH excluding ortho intramolecular Hbond substituents is 1. The predicted octanol–water partition coefficient (Wildman–Crippen LogP) is 2.32. The molecule has 1 amide bonds. The fraction of sp³-hybridized carbons (Fsp3) is 0.308. The third-order valence-electron chi connectivity index (χ3n) is 2.91. The van der Waals surface area contributed by atoms with E-state index < -0.39 is 5.82 Å². The number of phenols is 1. The van der Waals surface area contributed by atoms with Gasteiger partial charge in [-0.15, -0.1) is 0 Å². The second kappa shape index (κ2) is 4.57. The van der Waals surface area contributed by atoms with Crippen molar-refractivity contribution in [2.75, 3.05) is 13.1 Å². The topological polar surface area (TPSA) is 40.5 Å². The molecule has 90 valence electrons. The molecule has 0 aromatic heterocycles. The van der Waals surface area contributed by atoms with Crippen LogP contribution in [0.4, 0.5) is 4.39 Å². The summed E-state index contributed by atoms with van der Waals surface area (Å²) in [6.45, 7) is 3.14. The van der Waals surface area contributed by atoms with Gasteiger partial charge in [-0.05, 0) is 31.5 Å². The number of halogens is 1. The van der Waals surface area contributed by atoms with Crippen molar-refractivity contribution >= 4 is 5.91 Å². The van der Waals surface area contributed by atoms with Crippen LogP contribution >= 0.6 is 0 Å². The van der Waals surface area contributed by atoms with Crippen molar-refractivity contribution < 1.29 is 14.3 Å². The smallest absolute Gasteiger partial charge is 0.258 e. The van der Waals surface area contributed by atoms with Crippen LogP contribution in [0.5, 0.6) is 5.75 Å². The molecule has 1 aliphatic rings. The Kier molecular flexibility index (Phi) is 3.13. The Morgan fingerprint density at radius 2 is 2.24 bits per heavy atom. The molecule has 1 heterocycles. The van der Waals surface area contributed by atoms with Crippen molar-refractivity contribution in [3.63, 3.8) is 0 Å². The molecule has 1 aromatic carbocycles. The Bertz CT molecular complexity index is 482. The summed E-state index contributed by atoms with van der Waals surface area (Å²) in [6.07, 6.45) is 2.79. The number of hydrogen-bond donors (Lipinski definition) is 1. The van der Waals surface area contributed by atoms with Gasteiger partial charge >= 0.3 is 0 Å². The zero-order chi connectivity index (χ0) is 12.4. The lowest BCUT2D eigenvalue weighted by Gasteiger charge is -2.25. The highest BCUT2D eigenvalue weighted by Crippen LogP contribution is 2.21. The molecule has 0 spiro atoms. The first-order valence-electron chi connectivity index (χ1n) is 5.51. The van der Waals surface area contributed by atoms with Crippen LogP contribution in [-0.4, -0.2) is 29.0 Å². The van der Waals surface area contributed by atoms with E-state index in [9.17, 15) is 14.3 Å². The second-order valence-corrected chi connectivity index (χ2v) is 4.21. The molecule has 3 nitrogen and oxygen atoms in total. The maximum Gasteiger partial charge on any atom is 0.258 e. The van der Waals surface area contributed by atoms with Crippen LogP contribution in [0.15, 0.2) is 29.8 Å². The lowest BCUT2D eigenvalue weighted by atomic mass is 10.1. The first-order valence-corrected chi connectivity index (χ1v) is 5.51. The number of benzene rings is 1. The Labute approximate surface area is 99.2 Å². The van der Waals surface area contributed by atoms with Gasteiger partial charge in [-0.3, -0.25) is 4.79 Å². The van der Waals surface area contributed by atoms with Crippen molar-refractivity contribution in [2.24, 2.45) is 0 Å². The molecular weight excluding hydrogens is 221 g/mol. The van der Waals surface area contributed by atoms with Gasteiger partial charge in [0.1, 0.15) is 11.6 Å². The number of nitrogens with zero attached hydrogens (tertiary/aromatic N) is 1. The van der Waals surface area contributed by atoms with Gasteiger partial charge in [0.2, 0.25) is 0 Å². The number of aromatic hydroxyl groups is 1. The maximum absolute atomic E-state index is 13.0. The van der Waals surface area contributed by atoms with Crippen LogP contribution in [0.2, 0.25) is 0 Å². The van der Waals surface area contributed by atoms with E-state index in [-0.39, 0.29) is 17.2 Å². The van der Waals surface area contributed by atoms with Gasteiger partial charge in [0, 0.05) is 13.1 Å². The Morgan fingerprint density at radius 3 is 2.88 bits per heavy atom. The molecule has 0 fully saturated rings. The molecule has 0 bridgehead atoms. The Hall–Kier alpha value is -1.84. The first-order chi connectivity index (χ1) is 8.08. The Morgan fingerprint density at radius 1 is 1.47 bits per heavy atom. The van der Waals surface area contributed by atoms with Gasteiger partial charge in [0.15, 0.2) is 0 Å². The average Bonchev–Trinajstić information content (AvgIpc) is 2.32. The van der Waals surface area contributed by atoms with Crippen molar-refractivity contribution in [2.45, 2.75) is 13.3 Å². The minimum Gasteiger partial charge on any atom is -0.507 e. The number of carbonyl (C=O) groups excluding carboxylic acids is 1. The summed E-state index contributed by atoms with van der Waals surface area (Å²) in [6, 6.07) is 3.41. The molecule has 0 radical (unpaired) electrons. The summed E-state index contributed by atoms with van der Waals surface area (Å²) in [5, 5.41) is 9.56. The fourth-order valence-corrected chi connectivity index (χ4v) is 1.81. The number of rotatable bonds is 1. The fourth-order valence-electron chi connectivity index (χ4n) is 1.81. The minimum atomic E-state index is -0.519. The van der Waals surface area contributed by atoms with Crippen molar-refractivity contribution in [1.82, 2.24) is 4.90 Å². The van der Waals surface area contributed by atoms with E-state index in [0.29, 0.717) is 13.1 Å². The van der Waals surface area contributed by atoms with Crippen LogP contribution in [0.1, 0.15) is 23.7 Å². The van der Waals surface area contributed by atoms with Crippen molar-refractivity contribution in [1.29, 1.82) is 0 Å². The molecule has 0 unspecified atom stereocenters. The highest BCUT2D eigenvalue weighted by molar-refractivity contribution is 5.97. The summed E-state index contributed by atoms with van der Waals surface area (Å²) < 4.78 is 13.0. The normalized spacial score (nSPS) is 15.6. The molecule has 0 saturated heterocycles. The van der Waals surface area contributed by atoms with E-state index in [2.05, 4.69) is 0 Å². The van der Waals surface area contributed by atoms with Crippen LogP contribution in [0.25, 0.3) is 0 Å². The molecule has 0 saturated carbocycles. The molecule has 17 heavy (non-hydrogen) atoms. The van der Waals surface area contributed by atoms with Crippen molar-refractivity contribution in [3.8, 4) is 5.75 Å². The average molecular weight is 235 g/mol. The van der Waals surface area contributed by atoms with Gasteiger partial charge in [0.05, 0.1) is 5.56 Å². The summed E-state index contributed by atoms with van der Waals surface area (Å²) >= 11 is 0.